The van der Waals surface area contributed by atoms with Crippen LogP contribution in [0.4, 0.5) is 10.5 Å². The number of fused-ring (bicyclic) bond motifs is 2. The number of rotatable bonds is 6. The molecular formula is C37H36N6O2. The predicted octanol–water partition coefficient (Wildman–Crippen LogP) is 6.35. The lowest BCUT2D eigenvalue weighted by atomic mass is 9.53. The van der Waals surface area contributed by atoms with Crippen molar-refractivity contribution in [2.24, 2.45) is 23.7 Å². The van der Waals surface area contributed by atoms with Crippen molar-refractivity contribution in [1.82, 2.24) is 24.4 Å². The van der Waals surface area contributed by atoms with Crippen molar-refractivity contribution >= 4 is 34.0 Å². The van der Waals surface area contributed by atoms with Crippen molar-refractivity contribution in [2.75, 3.05) is 24.5 Å². The van der Waals surface area contributed by atoms with Crippen LogP contribution in [0.3, 0.4) is 0 Å². The molecule has 10 rings (SSSR count). The molecule has 0 bridgehead atoms. The summed E-state index contributed by atoms with van der Waals surface area (Å²) in [6, 6.07) is 21.6. The van der Waals surface area contributed by atoms with Gasteiger partial charge >= 0.3 is 6.03 Å². The number of nitrogens with one attached hydrogen (secondary N) is 1. The van der Waals surface area contributed by atoms with Crippen molar-refractivity contribution < 1.29 is 9.59 Å². The van der Waals surface area contributed by atoms with E-state index in [9.17, 15) is 9.59 Å². The van der Waals surface area contributed by atoms with Gasteiger partial charge in [0.2, 0.25) is 0 Å². The fourth-order valence-electron chi connectivity index (χ4n) is 8.93. The summed E-state index contributed by atoms with van der Waals surface area (Å²) in [5.74, 6) is 3.19. The van der Waals surface area contributed by atoms with Crippen LogP contribution in [0.5, 0.6) is 0 Å². The van der Waals surface area contributed by atoms with Gasteiger partial charge in [0.25, 0.3) is 5.91 Å². The maximum absolute atomic E-state index is 13.6. The standard InChI is InChI=1S/C37H36N6O2/c1-21-29-11-10-25(36(44)42-19-27-14-26-17-32(42)34(26)27)20-43(29)39-35(21)33-16-24-9-8-23(15-31(24)41(33)18-22-6-7-22)28-4-2-3-5-30(28)40-13-12-38-37(40)45/h2-5,8-11,15-16,20,22,26-27,32,34H,6-7,12-14,17-19H2,1H3,(H,38,45)/t26?,27?,32?,34-/m1/s1. The van der Waals surface area contributed by atoms with Crippen LogP contribution in [0, 0.1) is 30.6 Å². The minimum Gasteiger partial charge on any atom is -0.339 e. The zero-order chi connectivity index (χ0) is 30.0. The van der Waals surface area contributed by atoms with E-state index in [-0.39, 0.29) is 11.9 Å². The number of amides is 3. The molecule has 0 spiro atoms. The molecule has 2 saturated heterocycles. The molecule has 3 saturated carbocycles. The quantitative estimate of drug-likeness (QED) is 0.248. The number of carbonyl (C=O) groups excluding carboxylic acids is 2. The summed E-state index contributed by atoms with van der Waals surface area (Å²) in [4.78, 5) is 30.2. The maximum Gasteiger partial charge on any atom is 0.322 e. The highest BCUT2D eigenvalue weighted by Crippen LogP contribution is 2.60. The average molecular weight is 597 g/mol. The fourth-order valence-corrected chi connectivity index (χ4v) is 8.93. The Morgan fingerprint density at radius 1 is 1.00 bits per heavy atom. The molecule has 5 aliphatic rings. The van der Waals surface area contributed by atoms with Crippen LogP contribution >= 0.6 is 0 Å². The molecule has 2 aromatic carbocycles. The van der Waals surface area contributed by atoms with Crippen LogP contribution < -0.4 is 10.2 Å². The minimum atomic E-state index is -0.0423. The molecular weight excluding hydrogens is 560 g/mol. The molecule has 226 valence electrons. The molecule has 4 atom stereocenters. The highest BCUT2D eigenvalue weighted by Gasteiger charge is 2.61. The normalized spacial score (nSPS) is 25.0. The van der Waals surface area contributed by atoms with Gasteiger partial charge in [0.15, 0.2) is 0 Å². The summed E-state index contributed by atoms with van der Waals surface area (Å²) in [6.45, 7) is 5.35. The topological polar surface area (TPSA) is 74.9 Å². The van der Waals surface area contributed by atoms with Crippen molar-refractivity contribution in [2.45, 2.75) is 45.2 Å². The van der Waals surface area contributed by atoms with E-state index < -0.39 is 0 Å². The molecule has 3 aromatic heterocycles. The maximum atomic E-state index is 13.6. The predicted molar refractivity (Wildman–Crippen MR) is 174 cm³/mol. The Morgan fingerprint density at radius 3 is 2.69 bits per heavy atom. The number of pyridine rings is 1. The second-order valence-electron chi connectivity index (χ2n) is 14.1. The number of benzene rings is 2. The van der Waals surface area contributed by atoms with Crippen molar-refractivity contribution in [3.63, 3.8) is 0 Å². The molecule has 8 nitrogen and oxygen atoms in total. The third kappa shape index (κ3) is 3.74. The Morgan fingerprint density at radius 2 is 1.89 bits per heavy atom. The summed E-state index contributed by atoms with van der Waals surface area (Å²) in [6.07, 6.45) is 6.95. The van der Waals surface area contributed by atoms with Crippen LogP contribution in [0.25, 0.3) is 38.9 Å². The molecule has 2 aliphatic heterocycles. The molecule has 45 heavy (non-hydrogen) atoms. The number of likely N-dealkylation sites (tertiary alicyclic amines) is 1. The van der Waals surface area contributed by atoms with Crippen LogP contribution in [0.15, 0.2) is 66.9 Å². The monoisotopic (exact) mass is 596 g/mol. The van der Waals surface area contributed by atoms with Crippen LogP contribution in [0.1, 0.15) is 41.6 Å². The van der Waals surface area contributed by atoms with Gasteiger partial charge in [-0.2, -0.15) is 5.10 Å². The molecule has 3 unspecified atom stereocenters. The number of urea groups is 1. The van der Waals surface area contributed by atoms with E-state index in [2.05, 4.69) is 58.1 Å². The summed E-state index contributed by atoms with van der Waals surface area (Å²) >= 11 is 0. The van der Waals surface area contributed by atoms with Crippen LogP contribution in [-0.2, 0) is 6.54 Å². The molecule has 8 heteroatoms. The number of hydrogen-bond acceptors (Lipinski definition) is 3. The highest BCUT2D eigenvalue weighted by atomic mass is 16.2. The molecule has 3 amide bonds. The fraction of sp³-hybridized carbons (Fsp3) is 0.378. The minimum absolute atomic E-state index is 0.0423. The van der Waals surface area contributed by atoms with Crippen LogP contribution in [-0.4, -0.2) is 56.7 Å². The molecule has 5 heterocycles. The van der Waals surface area contributed by atoms with E-state index in [0.717, 1.165) is 75.7 Å². The van der Waals surface area contributed by atoms with E-state index in [4.69, 9.17) is 5.10 Å². The summed E-state index contributed by atoms with van der Waals surface area (Å²) < 4.78 is 4.38. The van der Waals surface area contributed by atoms with Gasteiger partial charge in [0, 0.05) is 60.4 Å². The Bertz CT molecular complexity index is 2070. The average Bonchev–Trinajstić information content (AvgIpc) is 3.53. The summed E-state index contributed by atoms with van der Waals surface area (Å²) in [5.41, 5.74) is 9.26. The Labute approximate surface area is 261 Å². The zero-order valence-corrected chi connectivity index (χ0v) is 25.4. The van der Waals surface area contributed by atoms with E-state index in [0.29, 0.717) is 25.0 Å². The third-order valence-corrected chi connectivity index (χ3v) is 11.5. The van der Waals surface area contributed by atoms with Gasteiger partial charge in [-0.25, -0.2) is 9.31 Å². The van der Waals surface area contributed by atoms with Gasteiger partial charge in [-0.1, -0.05) is 30.3 Å². The first kappa shape index (κ1) is 25.7. The lowest BCUT2D eigenvalue weighted by Gasteiger charge is -2.52. The first-order valence-corrected chi connectivity index (χ1v) is 16.6. The Kier molecular flexibility index (Phi) is 5.27. The second kappa shape index (κ2) is 9.22. The number of nitrogens with zero attached hydrogens (tertiary/aromatic N) is 5. The lowest BCUT2D eigenvalue weighted by Crippen LogP contribution is -2.53. The van der Waals surface area contributed by atoms with Gasteiger partial charge in [-0.15, -0.1) is 0 Å². The van der Waals surface area contributed by atoms with Gasteiger partial charge in [-0.05, 0) is 92.2 Å². The molecule has 5 aromatic rings. The number of para-hydroxylation sites is 1. The number of hydrogen-bond donors (Lipinski definition) is 1. The molecule has 3 aliphatic carbocycles. The second-order valence-corrected chi connectivity index (χ2v) is 14.1. The van der Waals surface area contributed by atoms with Crippen molar-refractivity contribution in [3.05, 3.63) is 78.0 Å². The number of aromatic nitrogens is 3. The smallest absolute Gasteiger partial charge is 0.322 e. The van der Waals surface area contributed by atoms with E-state index >= 15 is 0 Å². The Balaban J connectivity index is 1.05. The van der Waals surface area contributed by atoms with E-state index in [1.165, 1.54) is 36.6 Å². The van der Waals surface area contributed by atoms with E-state index in [1.807, 2.05) is 39.9 Å². The van der Waals surface area contributed by atoms with Crippen LogP contribution in [0.2, 0.25) is 0 Å². The Hall–Kier alpha value is -4.59. The van der Waals surface area contributed by atoms with Crippen molar-refractivity contribution in [1.29, 1.82) is 0 Å². The summed E-state index contributed by atoms with van der Waals surface area (Å²) in [5, 5.41) is 9.26. The molecule has 5 fully saturated rings. The summed E-state index contributed by atoms with van der Waals surface area (Å²) in [7, 11) is 0. The molecule has 1 N–H and O–H groups in total. The van der Waals surface area contributed by atoms with E-state index in [1.54, 1.807) is 0 Å². The highest BCUT2D eigenvalue weighted by molar-refractivity contribution is 6.00. The van der Waals surface area contributed by atoms with Gasteiger partial charge < -0.3 is 14.8 Å². The zero-order valence-electron chi connectivity index (χ0n) is 25.4. The van der Waals surface area contributed by atoms with Gasteiger partial charge in [-0.3, -0.25) is 9.69 Å². The number of anilines is 1. The van der Waals surface area contributed by atoms with Gasteiger partial charge in [0.1, 0.15) is 5.69 Å². The molecule has 0 radical (unpaired) electrons. The first-order chi connectivity index (χ1) is 22.0. The van der Waals surface area contributed by atoms with Crippen molar-refractivity contribution in [3.8, 4) is 22.5 Å². The van der Waals surface area contributed by atoms with Gasteiger partial charge in [0.05, 0.1) is 22.5 Å². The third-order valence-electron chi connectivity index (χ3n) is 11.5. The number of aryl methyl sites for hydroxylation is 1. The number of carbonyl (C=O) groups is 2. The first-order valence-electron chi connectivity index (χ1n) is 16.6. The lowest BCUT2D eigenvalue weighted by molar-refractivity contribution is -0.0204. The largest absolute Gasteiger partial charge is 0.339 e. The SMILES string of the molecule is Cc1c(-c2cc3ccc(-c4ccccc4N4CCNC4=O)cc3n2CC2CC2)nn2cc(C(=O)N3CC4CC5CC3[C@H]54)ccc12.